The van der Waals surface area contributed by atoms with Crippen LogP contribution in [0.2, 0.25) is 0 Å². The number of nitrogens with zero attached hydrogens (tertiary/aromatic N) is 4. The molecule has 1 N–H and O–H groups in total. The van der Waals surface area contributed by atoms with E-state index in [1.807, 2.05) is 43.3 Å². The lowest BCUT2D eigenvalue weighted by molar-refractivity contribution is 0.0454. The summed E-state index contributed by atoms with van der Waals surface area (Å²) in [6.07, 6.45) is 7.05. The number of aromatic amines is 1. The lowest BCUT2D eigenvalue weighted by Crippen LogP contribution is -2.33. The van der Waals surface area contributed by atoms with Gasteiger partial charge in [0.2, 0.25) is 0 Å². The molecule has 0 unspecified atom stereocenters. The number of piperidine rings is 1. The van der Waals surface area contributed by atoms with E-state index in [4.69, 9.17) is 4.74 Å². The van der Waals surface area contributed by atoms with Gasteiger partial charge < -0.3 is 9.72 Å². The van der Waals surface area contributed by atoms with Gasteiger partial charge in [0.1, 0.15) is 6.61 Å². The van der Waals surface area contributed by atoms with Gasteiger partial charge in [0.25, 0.3) is 0 Å². The second kappa shape index (κ2) is 9.50. The number of benzene rings is 1. The molecule has 0 aliphatic carbocycles. The Hall–Kier alpha value is -3.58. The van der Waals surface area contributed by atoms with Crippen LogP contribution in [-0.4, -0.2) is 57.0 Å². The highest BCUT2D eigenvalue weighted by Crippen LogP contribution is 2.31. The van der Waals surface area contributed by atoms with E-state index < -0.39 is 0 Å². The minimum atomic E-state index is -0.320. The van der Waals surface area contributed by atoms with Gasteiger partial charge in [0, 0.05) is 29.4 Å². The fourth-order valence-corrected chi connectivity index (χ4v) is 4.39. The van der Waals surface area contributed by atoms with Crippen molar-refractivity contribution in [2.75, 3.05) is 26.2 Å². The van der Waals surface area contributed by atoms with E-state index in [1.165, 1.54) is 19.3 Å². The molecular weight excluding hydrogens is 414 g/mol. The van der Waals surface area contributed by atoms with E-state index >= 15 is 0 Å². The molecule has 0 atom stereocenters. The summed E-state index contributed by atoms with van der Waals surface area (Å²) in [4.78, 5) is 32.1. The maximum absolute atomic E-state index is 12.9. The predicted octanol–water partition coefficient (Wildman–Crippen LogP) is 4.64. The van der Waals surface area contributed by atoms with Crippen LogP contribution in [0.25, 0.3) is 33.5 Å². The average Bonchev–Trinajstić information content (AvgIpc) is 3.34. The molecule has 0 amide bonds. The third-order valence-electron chi connectivity index (χ3n) is 6.11. The molecule has 1 aliphatic heterocycles. The molecule has 4 heterocycles. The van der Waals surface area contributed by atoms with Crippen LogP contribution in [-0.2, 0) is 4.74 Å². The molecule has 33 heavy (non-hydrogen) atoms. The number of H-pyrrole nitrogens is 1. The summed E-state index contributed by atoms with van der Waals surface area (Å²) in [7, 11) is 0. The summed E-state index contributed by atoms with van der Waals surface area (Å²) in [5.41, 5.74) is 5.53. The normalized spacial score (nSPS) is 14.5. The zero-order chi connectivity index (χ0) is 22.6. The first-order valence-corrected chi connectivity index (χ1v) is 11.4. The number of likely N-dealkylation sites (tertiary alicyclic amines) is 1. The summed E-state index contributed by atoms with van der Waals surface area (Å²) in [6, 6.07) is 13.5. The van der Waals surface area contributed by atoms with Crippen LogP contribution in [0.15, 0.2) is 55.0 Å². The molecule has 0 radical (unpaired) electrons. The third kappa shape index (κ3) is 4.64. The Morgan fingerprint density at radius 2 is 1.97 bits per heavy atom. The molecule has 0 saturated carbocycles. The molecule has 168 valence electrons. The van der Waals surface area contributed by atoms with Crippen molar-refractivity contribution in [1.82, 2.24) is 24.8 Å². The van der Waals surface area contributed by atoms with E-state index in [9.17, 15) is 4.79 Å². The van der Waals surface area contributed by atoms with Crippen LogP contribution in [0, 0.1) is 6.92 Å². The van der Waals surface area contributed by atoms with E-state index in [0.29, 0.717) is 12.2 Å². The molecule has 4 aromatic rings. The zero-order valence-electron chi connectivity index (χ0n) is 18.8. The minimum Gasteiger partial charge on any atom is -0.461 e. The van der Waals surface area contributed by atoms with Gasteiger partial charge in [-0.3, -0.25) is 14.9 Å². The van der Waals surface area contributed by atoms with Crippen LogP contribution in [0.4, 0.5) is 0 Å². The van der Waals surface area contributed by atoms with Crippen LogP contribution in [0.1, 0.15) is 35.3 Å². The number of hydrogen-bond acceptors (Lipinski definition) is 6. The van der Waals surface area contributed by atoms with E-state index in [-0.39, 0.29) is 5.97 Å². The number of rotatable bonds is 6. The number of fused-ring (bicyclic) bond motifs is 1. The lowest BCUT2D eigenvalue weighted by atomic mass is 10.0. The first-order valence-electron chi connectivity index (χ1n) is 11.4. The molecule has 3 aromatic heterocycles. The number of carbonyl (C=O) groups excluding carboxylic acids is 1. The molecule has 1 fully saturated rings. The van der Waals surface area contributed by atoms with Gasteiger partial charge >= 0.3 is 5.97 Å². The Bertz CT molecular complexity index is 1280. The molecule has 7 nitrogen and oxygen atoms in total. The molecule has 0 spiro atoms. The summed E-state index contributed by atoms with van der Waals surface area (Å²) in [6.45, 7) is 5.30. The van der Waals surface area contributed by atoms with Gasteiger partial charge in [-0.2, -0.15) is 0 Å². The maximum Gasteiger partial charge on any atom is 0.338 e. The number of carbonyl (C=O) groups is 1. The minimum absolute atomic E-state index is 0.320. The largest absolute Gasteiger partial charge is 0.461 e. The smallest absolute Gasteiger partial charge is 0.338 e. The lowest BCUT2D eigenvalue weighted by Gasteiger charge is -2.25. The van der Waals surface area contributed by atoms with Gasteiger partial charge in [-0.15, -0.1) is 0 Å². The van der Waals surface area contributed by atoms with Crippen LogP contribution in [0.5, 0.6) is 0 Å². The number of pyridine rings is 2. The van der Waals surface area contributed by atoms with Gasteiger partial charge in [0.15, 0.2) is 0 Å². The SMILES string of the molecule is Cc1cccc(-c2[nH]cnc2-c2ccc3nccc(C(=O)OCCN4CCCCC4)c3c2)n1. The van der Waals surface area contributed by atoms with Crippen molar-refractivity contribution in [3.8, 4) is 22.6 Å². The number of ether oxygens (including phenoxy) is 1. The van der Waals surface area contributed by atoms with Crippen molar-refractivity contribution >= 4 is 16.9 Å². The summed E-state index contributed by atoms with van der Waals surface area (Å²) >= 11 is 0. The van der Waals surface area contributed by atoms with Crippen LogP contribution in [0.3, 0.4) is 0 Å². The van der Waals surface area contributed by atoms with Gasteiger partial charge in [-0.05, 0) is 63.2 Å². The Morgan fingerprint density at radius 3 is 2.82 bits per heavy atom. The summed E-state index contributed by atoms with van der Waals surface area (Å²) in [5.74, 6) is -0.320. The van der Waals surface area contributed by atoms with Gasteiger partial charge in [-0.1, -0.05) is 18.6 Å². The predicted molar refractivity (Wildman–Crippen MR) is 128 cm³/mol. The first-order chi connectivity index (χ1) is 16.2. The van der Waals surface area contributed by atoms with Crippen molar-refractivity contribution < 1.29 is 9.53 Å². The topological polar surface area (TPSA) is 84.0 Å². The van der Waals surface area contributed by atoms with Crippen molar-refractivity contribution in [3.05, 3.63) is 66.2 Å². The second-order valence-electron chi connectivity index (χ2n) is 8.42. The van der Waals surface area contributed by atoms with Crippen molar-refractivity contribution in [1.29, 1.82) is 0 Å². The number of aromatic nitrogens is 4. The summed E-state index contributed by atoms with van der Waals surface area (Å²) in [5, 5.41) is 0.754. The Morgan fingerprint density at radius 1 is 1.09 bits per heavy atom. The quantitative estimate of drug-likeness (QED) is 0.439. The molecule has 1 aliphatic rings. The van der Waals surface area contributed by atoms with Crippen molar-refractivity contribution in [2.24, 2.45) is 0 Å². The number of imidazole rings is 1. The fourth-order valence-electron chi connectivity index (χ4n) is 4.39. The van der Waals surface area contributed by atoms with E-state index in [0.717, 1.165) is 58.9 Å². The second-order valence-corrected chi connectivity index (χ2v) is 8.42. The molecule has 1 aromatic carbocycles. The Labute approximate surface area is 192 Å². The average molecular weight is 442 g/mol. The van der Waals surface area contributed by atoms with Crippen LogP contribution < -0.4 is 0 Å². The number of aryl methyl sites for hydroxylation is 1. The van der Waals surface area contributed by atoms with E-state index in [1.54, 1.807) is 18.6 Å². The first kappa shape index (κ1) is 21.3. The van der Waals surface area contributed by atoms with Crippen molar-refractivity contribution in [3.63, 3.8) is 0 Å². The zero-order valence-corrected chi connectivity index (χ0v) is 18.8. The molecular formula is C26H27N5O2. The van der Waals surface area contributed by atoms with Crippen LogP contribution >= 0.6 is 0 Å². The summed E-state index contributed by atoms with van der Waals surface area (Å²) < 4.78 is 5.64. The Kier molecular flexibility index (Phi) is 6.13. The standard InChI is InChI=1S/C26H27N5O2/c1-18-6-5-7-23(30-18)25-24(28-17-29-25)19-8-9-22-21(16-19)20(10-11-27-22)26(32)33-15-14-31-12-3-2-4-13-31/h5-11,16-17H,2-4,12-15H2,1H3,(H,28,29). The van der Waals surface area contributed by atoms with Gasteiger partial charge in [0.05, 0.1) is 34.5 Å². The monoisotopic (exact) mass is 441 g/mol. The highest BCUT2D eigenvalue weighted by atomic mass is 16.5. The number of esters is 1. The molecule has 1 saturated heterocycles. The highest BCUT2D eigenvalue weighted by Gasteiger charge is 2.17. The molecule has 0 bridgehead atoms. The number of nitrogens with one attached hydrogen (secondary N) is 1. The van der Waals surface area contributed by atoms with E-state index in [2.05, 4.69) is 24.8 Å². The third-order valence-corrected chi connectivity index (χ3v) is 6.11. The van der Waals surface area contributed by atoms with Gasteiger partial charge in [-0.25, -0.2) is 9.78 Å². The number of hydrogen-bond donors (Lipinski definition) is 1. The molecule has 5 rings (SSSR count). The Balaban J connectivity index is 1.41. The highest BCUT2D eigenvalue weighted by molar-refractivity contribution is 6.04. The van der Waals surface area contributed by atoms with Crippen molar-refractivity contribution in [2.45, 2.75) is 26.2 Å². The maximum atomic E-state index is 12.9. The molecule has 7 heteroatoms. The fraction of sp³-hybridized carbons (Fsp3) is 0.308.